The summed E-state index contributed by atoms with van der Waals surface area (Å²) in [6.07, 6.45) is 1.65. The van der Waals surface area contributed by atoms with Gasteiger partial charge in [-0.1, -0.05) is 6.07 Å². The van der Waals surface area contributed by atoms with Crippen LogP contribution in [0.4, 0.5) is 17.5 Å². The van der Waals surface area contributed by atoms with E-state index in [1.807, 2.05) is 36.2 Å². The van der Waals surface area contributed by atoms with Crippen molar-refractivity contribution in [3.63, 3.8) is 0 Å². The predicted molar refractivity (Wildman–Crippen MR) is 78.6 cm³/mol. The highest BCUT2D eigenvalue weighted by molar-refractivity contribution is 9.10. The summed E-state index contributed by atoms with van der Waals surface area (Å²) < 4.78 is 5.99. The van der Waals surface area contributed by atoms with Crippen LogP contribution in [0.15, 0.2) is 34.9 Å². The van der Waals surface area contributed by atoms with Crippen LogP contribution >= 0.6 is 15.9 Å². The van der Waals surface area contributed by atoms with Crippen molar-refractivity contribution in [2.75, 3.05) is 24.5 Å². The average Bonchev–Trinajstić information content (AvgIpc) is 2.47. The average molecular weight is 324 g/mol. The van der Waals surface area contributed by atoms with Gasteiger partial charge in [0.1, 0.15) is 5.75 Å². The summed E-state index contributed by atoms with van der Waals surface area (Å²) in [4.78, 5) is 10.2. The van der Waals surface area contributed by atoms with Crippen LogP contribution < -0.4 is 20.9 Å². The fourth-order valence-electron chi connectivity index (χ4n) is 1.60. The fraction of sp³-hybridized carbons (Fsp3) is 0.167. The molecule has 2 rings (SSSR count). The minimum Gasteiger partial charge on any atom is -0.497 e. The third kappa shape index (κ3) is 2.94. The molecule has 0 spiro atoms. The summed E-state index contributed by atoms with van der Waals surface area (Å²) in [6.45, 7) is 0. The molecule has 0 atom stereocenters. The van der Waals surface area contributed by atoms with Crippen LogP contribution in [0.2, 0.25) is 0 Å². The lowest BCUT2D eigenvalue weighted by atomic mass is 10.3. The molecule has 0 bridgehead atoms. The third-order valence-corrected chi connectivity index (χ3v) is 3.17. The van der Waals surface area contributed by atoms with E-state index in [-0.39, 0.29) is 0 Å². The number of nitrogens with zero attached hydrogens (tertiary/aromatic N) is 3. The van der Waals surface area contributed by atoms with Crippen molar-refractivity contribution < 1.29 is 4.74 Å². The number of hydrogen-bond acceptors (Lipinski definition) is 6. The summed E-state index contributed by atoms with van der Waals surface area (Å²) in [5.74, 6) is 7.17. The first kappa shape index (κ1) is 13.6. The second kappa shape index (κ2) is 5.85. The molecule has 0 unspecified atom stereocenters. The van der Waals surface area contributed by atoms with E-state index in [2.05, 4.69) is 31.3 Å². The number of hydrogen-bond donors (Lipinski definition) is 2. The molecule has 3 N–H and O–H groups in total. The van der Waals surface area contributed by atoms with Gasteiger partial charge in [-0.2, -0.15) is 4.98 Å². The van der Waals surface area contributed by atoms with Gasteiger partial charge in [-0.05, 0) is 28.1 Å². The zero-order valence-electron chi connectivity index (χ0n) is 10.6. The number of rotatable bonds is 4. The van der Waals surface area contributed by atoms with Crippen molar-refractivity contribution in [1.29, 1.82) is 0 Å². The largest absolute Gasteiger partial charge is 0.497 e. The summed E-state index contributed by atoms with van der Waals surface area (Å²) in [5, 5.41) is 0. The predicted octanol–water partition coefficient (Wildman–Crippen LogP) is 2.30. The molecular formula is C12H14BrN5O. The second-order valence-electron chi connectivity index (χ2n) is 3.77. The quantitative estimate of drug-likeness (QED) is 0.664. The first-order valence-electron chi connectivity index (χ1n) is 5.52. The lowest BCUT2D eigenvalue weighted by Gasteiger charge is -2.20. The molecule has 0 saturated carbocycles. The summed E-state index contributed by atoms with van der Waals surface area (Å²) in [7, 11) is 3.54. The highest BCUT2D eigenvalue weighted by atomic mass is 79.9. The van der Waals surface area contributed by atoms with E-state index in [0.717, 1.165) is 15.9 Å². The number of ether oxygens (including phenoxy) is 1. The molecule has 19 heavy (non-hydrogen) atoms. The number of anilines is 3. The molecule has 6 nitrogen and oxygen atoms in total. The van der Waals surface area contributed by atoms with Crippen LogP contribution in [0.25, 0.3) is 0 Å². The molecule has 0 aliphatic rings. The van der Waals surface area contributed by atoms with Gasteiger partial charge in [0.2, 0.25) is 5.95 Å². The molecule has 0 aliphatic heterocycles. The number of aromatic nitrogens is 2. The van der Waals surface area contributed by atoms with Crippen LogP contribution in [0, 0.1) is 0 Å². The van der Waals surface area contributed by atoms with E-state index in [4.69, 9.17) is 10.6 Å². The molecule has 0 amide bonds. The fourth-order valence-corrected chi connectivity index (χ4v) is 2.06. The van der Waals surface area contributed by atoms with E-state index in [9.17, 15) is 0 Å². The minimum atomic E-state index is 0.355. The number of hydrazine groups is 1. The Kier molecular flexibility index (Phi) is 4.18. The highest BCUT2D eigenvalue weighted by Gasteiger charge is 2.12. The second-order valence-corrected chi connectivity index (χ2v) is 4.62. The van der Waals surface area contributed by atoms with Crippen LogP contribution in [0.3, 0.4) is 0 Å². The summed E-state index contributed by atoms with van der Waals surface area (Å²) in [5.41, 5.74) is 3.38. The molecule has 7 heteroatoms. The number of benzene rings is 1. The number of methoxy groups -OCH3 is 1. The van der Waals surface area contributed by atoms with Crippen LogP contribution in [0.1, 0.15) is 0 Å². The molecule has 100 valence electrons. The van der Waals surface area contributed by atoms with Crippen molar-refractivity contribution in [2.45, 2.75) is 0 Å². The monoisotopic (exact) mass is 323 g/mol. The van der Waals surface area contributed by atoms with Gasteiger partial charge in [-0.15, -0.1) is 0 Å². The van der Waals surface area contributed by atoms with Gasteiger partial charge < -0.3 is 9.64 Å². The minimum absolute atomic E-state index is 0.355. The number of nitrogens with two attached hydrogens (primary N) is 1. The Labute approximate surface area is 119 Å². The SMILES string of the molecule is COc1cccc(N(C)c2nc(NN)ncc2Br)c1. The summed E-state index contributed by atoms with van der Waals surface area (Å²) in [6, 6.07) is 7.69. The maximum absolute atomic E-state index is 5.32. The molecular weight excluding hydrogens is 310 g/mol. The van der Waals surface area contributed by atoms with Gasteiger partial charge >= 0.3 is 0 Å². The van der Waals surface area contributed by atoms with Gasteiger partial charge in [-0.3, -0.25) is 5.43 Å². The Bertz CT molecular complexity index is 578. The molecule has 1 heterocycles. The van der Waals surface area contributed by atoms with Gasteiger partial charge in [-0.25, -0.2) is 10.8 Å². The van der Waals surface area contributed by atoms with E-state index >= 15 is 0 Å². The maximum atomic E-state index is 5.32. The van der Waals surface area contributed by atoms with Gasteiger partial charge in [0, 0.05) is 25.0 Å². The molecule has 1 aromatic heterocycles. The Morgan fingerprint density at radius 2 is 2.21 bits per heavy atom. The third-order valence-electron chi connectivity index (χ3n) is 2.61. The zero-order chi connectivity index (χ0) is 13.8. The van der Waals surface area contributed by atoms with Gasteiger partial charge in [0.15, 0.2) is 5.82 Å². The first-order valence-corrected chi connectivity index (χ1v) is 6.32. The van der Waals surface area contributed by atoms with E-state index < -0.39 is 0 Å². The zero-order valence-corrected chi connectivity index (χ0v) is 12.2. The van der Waals surface area contributed by atoms with Crippen LogP contribution in [0.5, 0.6) is 5.75 Å². The highest BCUT2D eigenvalue weighted by Crippen LogP contribution is 2.30. The Morgan fingerprint density at radius 3 is 2.89 bits per heavy atom. The van der Waals surface area contributed by atoms with E-state index in [1.165, 1.54) is 0 Å². The molecule has 0 saturated heterocycles. The Balaban J connectivity index is 2.39. The van der Waals surface area contributed by atoms with E-state index in [1.54, 1.807) is 13.3 Å². The number of nitrogen functional groups attached to an aromatic ring is 1. The topological polar surface area (TPSA) is 76.3 Å². The van der Waals surface area contributed by atoms with Crippen molar-refractivity contribution in [3.8, 4) is 5.75 Å². The molecule has 1 aromatic carbocycles. The smallest absolute Gasteiger partial charge is 0.239 e. The maximum Gasteiger partial charge on any atom is 0.239 e. The number of nitrogens with one attached hydrogen (secondary N) is 1. The number of halogens is 1. The molecule has 0 fully saturated rings. The summed E-state index contributed by atoms with van der Waals surface area (Å²) >= 11 is 3.43. The normalized spacial score (nSPS) is 10.1. The van der Waals surface area contributed by atoms with Crippen molar-refractivity contribution in [2.24, 2.45) is 5.84 Å². The van der Waals surface area contributed by atoms with Crippen molar-refractivity contribution in [1.82, 2.24) is 9.97 Å². The Morgan fingerprint density at radius 1 is 1.42 bits per heavy atom. The lowest BCUT2D eigenvalue weighted by Crippen LogP contribution is -2.16. The first-order chi connectivity index (χ1) is 9.15. The van der Waals surface area contributed by atoms with Crippen LogP contribution in [-0.2, 0) is 0 Å². The van der Waals surface area contributed by atoms with E-state index in [0.29, 0.717) is 11.8 Å². The van der Waals surface area contributed by atoms with Gasteiger partial charge in [0.25, 0.3) is 0 Å². The lowest BCUT2D eigenvalue weighted by molar-refractivity contribution is 0.415. The molecule has 0 radical (unpaired) electrons. The Hall–Kier alpha value is -1.86. The van der Waals surface area contributed by atoms with Crippen LogP contribution in [-0.4, -0.2) is 24.1 Å². The van der Waals surface area contributed by atoms with Crippen molar-refractivity contribution >= 4 is 33.4 Å². The molecule has 2 aromatic rings. The van der Waals surface area contributed by atoms with Gasteiger partial charge in [0.05, 0.1) is 11.6 Å². The van der Waals surface area contributed by atoms with Crippen molar-refractivity contribution in [3.05, 3.63) is 34.9 Å². The standard InChI is InChI=1S/C12H14BrN5O/c1-18(8-4-3-5-9(6-8)19-2)11-10(13)7-15-12(16-11)17-14/h3-7H,14H2,1-2H3,(H,15,16,17). The molecule has 0 aliphatic carbocycles.